The molecule has 0 radical (unpaired) electrons. The molecule has 0 aliphatic rings. The van der Waals surface area contributed by atoms with E-state index in [-0.39, 0.29) is 6.61 Å². The molecule has 0 aromatic heterocycles. The molecule has 0 spiro atoms. The minimum atomic E-state index is -3.51. The third-order valence-corrected chi connectivity index (χ3v) is 4.59. The van der Waals surface area contributed by atoms with Gasteiger partial charge in [-0.2, -0.15) is 17.4 Å². The van der Waals surface area contributed by atoms with Gasteiger partial charge in [-0.25, -0.2) is 0 Å². The first-order valence-electron chi connectivity index (χ1n) is 6.25. The van der Waals surface area contributed by atoms with E-state index in [0.717, 1.165) is 12.8 Å². The fourth-order valence-corrected chi connectivity index (χ4v) is 3.25. The van der Waals surface area contributed by atoms with E-state index >= 15 is 0 Å². The summed E-state index contributed by atoms with van der Waals surface area (Å²) in [6.07, 6.45) is 2.11. The highest BCUT2D eigenvalue weighted by Crippen LogP contribution is 2.12. The van der Waals surface area contributed by atoms with Crippen molar-refractivity contribution in [2.75, 3.05) is 19.7 Å². The van der Waals surface area contributed by atoms with Gasteiger partial charge in [-0.1, -0.05) is 20.8 Å². The zero-order chi connectivity index (χ0) is 13.5. The van der Waals surface area contributed by atoms with Crippen LogP contribution >= 0.6 is 0 Å². The summed E-state index contributed by atoms with van der Waals surface area (Å²) in [6.45, 7) is 8.27. The van der Waals surface area contributed by atoms with E-state index in [1.165, 1.54) is 4.31 Å². The predicted octanol–water partition coefficient (Wildman–Crippen LogP) is 1.10. The Bertz CT molecular complexity index is 294. The number of hydrogen-bond donors (Lipinski definition) is 2. The third-order valence-electron chi connectivity index (χ3n) is 2.79. The molecular weight excluding hydrogens is 240 g/mol. The molecule has 17 heavy (non-hydrogen) atoms. The summed E-state index contributed by atoms with van der Waals surface area (Å²) >= 11 is 0. The molecule has 0 aliphatic heterocycles. The highest BCUT2D eigenvalue weighted by molar-refractivity contribution is 7.87. The van der Waals surface area contributed by atoms with Crippen LogP contribution in [0, 0.1) is 0 Å². The van der Waals surface area contributed by atoms with Crippen molar-refractivity contribution >= 4 is 10.2 Å². The fourth-order valence-electron chi connectivity index (χ4n) is 1.44. The van der Waals surface area contributed by atoms with Crippen LogP contribution in [0.15, 0.2) is 0 Å². The lowest BCUT2D eigenvalue weighted by Gasteiger charge is -2.31. The number of hydrogen-bond acceptors (Lipinski definition) is 3. The summed E-state index contributed by atoms with van der Waals surface area (Å²) in [5, 5.41) is 9.24. The second-order valence-electron chi connectivity index (χ2n) is 4.58. The van der Waals surface area contributed by atoms with Crippen molar-refractivity contribution in [1.29, 1.82) is 0 Å². The van der Waals surface area contributed by atoms with Gasteiger partial charge in [-0.15, -0.1) is 0 Å². The minimum absolute atomic E-state index is 0.200. The first-order chi connectivity index (χ1) is 7.85. The first kappa shape index (κ1) is 16.8. The maximum Gasteiger partial charge on any atom is 0.280 e. The largest absolute Gasteiger partial charge is 0.394 e. The van der Waals surface area contributed by atoms with E-state index in [1.807, 2.05) is 20.8 Å². The van der Waals surface area contributed by atoms with Gasteiger partial charge in [0.25, 0.3) is 10.2 Å². The second-order valence-corrected chi connectivity index (χ2v) is 6.25. The topological polar surface area (TPSA) is 69.6 Å². The Balaban J connectivity index is 4.84. The number of nitrogens with zero attached hydrogens (tertiary/aromatic N) is 1. The van der Waals surface area contributed by atoms with Gasteiger partial charge in [0, 0.05) is 13.1 Å². The van der Waals surface area contributed by atoms with E-state index in [1.54, 1.807) is 6.92 Å². The van der Waals surface area contributed by atoms with Crippen LogP contribution in [-0.2, 0) is 10.2 Å². The van der Waals surface area contributed by atoms with Gasteiger partial charge in [-0.3, -0.25) is 0 Å². The van der Waals surface area contributed by atoms with Crippen molar-refractivity contribution in [3.8, 4) is 0 Å². The Labute approximate surface area is 105 Å². The Morgan fingerprint density at radius 2 is 1.65 bits per heavy atom. The zero-order valence-electron chi connectivity index (χ0n) is 11.4. The molecule has 0 aliphatic carbocycles. The summed E-state index contributed by atoms with van der Waals surface area (Å²) in [7, 11) is -3.51. The Morgan fingerprint density at radius 3 is 1.94 bits per heavy atom. The van der Waals surface area contributed by atoms with Gasteiger partial charge in [0.2, 0.25) is 0 Å². The van der Waals surface area contributed by atoms with E-state index in [0.29, 0.717) is 19.5 Å². The number of aliphatic hydroxyl groups is 1. The van der Waals surface area contributed by atoms with Gasteiger partial charge in [0.1, 0.15) is 0 Å². The van der Waals surface area contributed by atoms with Crippen LogP contribution in [0.25, 0.3) is 0 Å². The molecule has 6 heteroatoms. The lowest BCUT2D eigenvalue weighted by molar-refractivity contribution is 0.188. The SMILES string of the molecule is CCCN(CCC)S(=O)(=O)NC(C)(CC)CO. The van der Waals surface area contributed by atoms with Crippen molar-refractivity contribution in [3.05, 3.63) is 0 Å². The van der Waals surface area contributed by atoms with Crippen LogP contribution < -0.4 is 4.72 Å². The van der Waals surface area contributed by atoms with E-state index < -0.39 is 15.7 Å². The summed E-state index contributed by atoms with van der Waals surface area (Å²) in [4.78, 5) is 0. The molecule has 0 saturated heterocycles. The van der Waals surface area contributed by atoms with Gasteiger partial charge >= 0.3 is 0 Å². The van der Waals surface area contributed by atoms with Crippen LogP contribution in [0.4, 0.5) is 0 Å². The van der Waals surface area contributed by atoms with Crippen LogP contribution in [0.5, 0.6) is 0 Å². The molecular formula is C11H26N2O3S. The molecule has 0 fully saturated rings. The van der Waals surface area contributed by atoms with Crippen molar-refractivity contribution in [3.63, 3.8) is 0 Å². The number of nitrogens with one attached hydrogen (secondary N) is 1. The fraction of sp³-hybridized carbons (Fsp3) is 1.00. The Hall–Kier alpha value is -0.170. The maximum atomic E-state index is 12.1. The average molecular weight is 266 g/mol. The van der Waals surface area contributed by atoms with Crippen LogP contribution in [0.1, 0.15) is 47.0 Å². The normalized spacial score (nSPS) is 16.1. The second kappa shape index (κ2) is 7.31. The molecule has 104 valence electrons. The van der Waals surface area contributed by atoms with Gasteiger partial charge in [0.05, 0.1) is 12.1 Å². The van der Waals surface area contributed by atoms with Crippen molar-refractivity contribution < 1.29 is 13.5 Å². The molecule has 5 nitrogen and oxygen atoms in total. The molecule has 0 rings (SSSR count). The molecule has 1 atom stereocenters. The molecule has 0 aromatic carbocycles. The maximum absolute atomic E-state index is 12.1. The molecule has 0 aromatic rings. The highest BCUT2D eigenvalue weighted by atomic mass is 32.2. The quantitative estimate of drug-likeness (QED) is 0.656. The standard InChI is InChI=1S/C11H26N2O3S/c1-5-8-13(9-6-2)17(15,16)12-11(4,7-3)10-14/h12,14H,5-10H2,1-4H3. The van der Waals surface area contributed by atoms with Gasteiger partial charge < -0.3 is 5.11 Å². The van der Waals surface area contributed by atoms with Gasteiger partial charge in [0.15, 0.2) is 0 Å². The monoisotopic (exact) mass is 266 g/mol. The molecule has 0 amide bonds. The van der Waals surface area contributed by atoms with Crippen LogP contribution in [0.3, 0.4) is 0 Å². The molecule has 0 heterocycles. The van der Waals surface area contributed by atoms with Crippen molar-refractivity contribution in [2.24, 2.45) is 0 Å². The van der Waals surface area contributed by atoms with E-state index in [4.69, 9.17) is 0 Å². The average Bonchev–Trinajstić information content (AvgIpc) is 2.28. The van der Waals surface area contributed by atoms with E-state index in [9.17, 15) is 13.5 Å². The van der Waals surface area contributed by atoms with Crippen molar-refractivity contribution in [1.82, 2.24) is 9.03 Å². The highest BCUT2D eigenvalue weighted by Gasteiger charge is 2.30. The van der Waals surface area contributed by atoms with Crippen LogP contribution in [0.2, 0.25) is 0 Å². The number of rotatable bonds is 9. The molecule has 1 unspecified atom stereocenters. The Morgan fingerprint density at radius 1 is 1.18 bits per heavy atom. The third kappa shape index (κ3) is 5.33. The lowest BCUT2D eigenvalue weighted by Crippen LogP contribution is -2.53. The molecule has 0 bridgehead atoms. The molecule has 0 saturated carbocycles. The minimum Gasteiger partial charge on any atom is -0.394 e. The zero-order valence-corrected chi connectivity index (χ0v) is 12.2. The van der Waals surface area contributed by atoms with E-state index in [2.05, 4.69) is 4.72 Å². The van der Waals surface area contributed by atoms with Crippen molar-refractivity contribution in [2.45, 2.75) is 52.5 Å². The Kier molecular flexibility index (Phi) is 7.23. The van der Waals surface area contributed by atoms with Gasteiger partial charge in [-0.05, 0) is 26.2 Å². The first-order valence-corrected chi connectivity index (χ1v) is 7.69. The molecule has 2 N–H and O–H groups in total. The summed E-state index contributed by atoms with van der Waals surface area (Å²) < 4.78 is 28.3. The number of aliphatic hydroxyl groups excluding tert-OH is 1. The lowest BCUT2D eigenvalue weighted by atomic mass is 10.0. The smallest absolute Gasteiger partial charge is 0.280 e. The summed E-state index contributed by atoms with van der Waals surface area (Å²) in [5.41, 5.74) is -0.779. The van der Waals surface area contributed by atoms with Crippen LogP contribution in [-0.4, -0.2) is 43.1 Å². The predicted molar refractivity (Wildman–Crippen MR) is 70.0 cm³/mol. The summed E-state index contributed by atoms with van der Waals surface area (Å²) in [6, 6.07) is 0. The summed E-state index contributed by atoms with van der Waals surface area (Å²) in [5.74, 6) is 0.